The van der Waals surface area contributed by atoms with Gasteiger partial charge in [-0.2, -0.15) is 5.10 Å². The Balaban J connectivity index is 1.63. The topological polar surface area (TPSA) is 38.9 Å². The Hall–Kier alpha value is -1.62. The third-order valence-electron chi connectivity index (χ3n) is 4.05. The number of imidazole rings is 1. The molecule has 1 fully saturated rings. The molecule has 1 aliphatic heterocycles. The van der Waals surface area contributed by atoms with Crippen LogP contribution in [0.15, 0.2) is 31.1 Å². The summed E-state index contributed by atoms with van der Waals surface area (Å²) in [5.74, 6) is 0. The summed E-state index contributed by atoms with van der Waals surface area (Å²) in [5.41, 5.74) is 1.32. The van der Waals surface area contributed by atoms with Gasteiger partial charge < -0.3 is 4.57 Å². The lowest BCUT2D eigenvalue weighted by Gasteiger charge is -2.24. The van der Waals surface area contributed by atoms with Gasteiger partial charge in [-0.25, -0.2) is 4.98 Å². The molecule has 5 heteroatoms. The molecular weight excluding hydrogens is 250 g/mol. The predicted molar refractivity (Wildman–Crippen MR) is 78.3 cm³/mol. The molecule has 1 atom stereocenters. The summed E-state index contributed by atoms with van der Waals surface area (Å²) in [7, 11) is 0. The molecule has 0 aliphatic carbocycles. The van der Waals surface area contributed by atoms with Gasteiger partial charge in [-0.05, 0) is 33.2 Å². The summed E-state index contributed by atoms with van der Waals surface area (Å²) in [5, 5.41) is 4.43. The van der Waals surface area contributed by atoms with Gasteiger partial charge in [0.2, 0.25) is 0 Å². The van der Waals surface area contributed by atoms with E-state index in [-0.39, 0.29) is 0 Å². The highest BCUT2D eigenvalue weighted by Gasteiger charge is 2.25. The summed E-state index contributed by atoms with van der Waals surface area (Å²) in [4.78, 5) is 6.70. The zero-order valence-corrected chi connectivity index (χ0v) is 12.3. The second-order valence-electron chi connectivity index (χ2n) is 5.95. The van der Waals surface area contributed by atoms with E-state index in [0.717, 1.165) is 13.1 Å². The fourth-order valence-electron chi connectivity index (χ4n) is 2.92. The molecule has 2 aromatic heterocycles. The van der Waals surface area contributed by atoms with Gasteiger partial charge in [0.25, 0.3) is 0 Å². The molecule has 0 radical (unpaired) electrons. The minimum atomic E-state index is 0.434. The van der Waals surface area contributed by atoms with Gasteiger partial charge in [0.15, 0.2) is 0 Å². The van der Waals surface area contributed by atoms with E-state index in [1.54, 1.807) is 0 Å². The van der Waals surface area contributed by atoms with Gasteiger partial charge in [0.05, 0.1) is 12.5 Å². The smallest absolute Gasteiger partial charge is 0.0946 e. The second kappa shape index (κ2) is 5.79. The number of aromatic nitrogens is 4. The highest BCUT2D eigenvalue weighted by molar-refractivity contribution is 5.05. The van der Waals surface area contributed by atoms with Crippen molar-refractivity contribution in [1.29, 1.82) is 0 Å². The lowest BCUT2D eigenvalue weighted by molar-refractivity contribution is 0.224. The van der Waals surface area contributed by atoms with Crippen molar-refractivity contribution in [2.75, 3.05) is 6.54 Å². The summed E-state index contributed by atoms with van der Waals surface area (Å²) in [6.07, 6.45) is 12.6. The molecule has 5 nitrogen and oxygen atoms in total. The molecular formula is C15H23N5. The number of rotatable bonds is 5. The first kappa shape index (κ1) is 13.4. The molecule has 20 heavy (non-hydrogen) atoms. The van der Waals surface area contributed by atoms with Crippen LogP contribution >= 0.6 is 0 Å². The van der Waals surface area contributed by atoms with Crippen molar-refractivity contribution in [3.63, 3.8) is 0 Å². The first-order chi connectivity index (χ1) is 9.72. The molecule has 108 valence electrons. The van der Waals surface area contributed by atoms with Crippen LogP contribution in [0.3, 0.4) is 0 Å². The third-order valence-corrected chi connectivity index (χ3v) is 4.05. The zero-order chi connectivity index (χ0) is 13.9. The van der Waals surface area contributed by atoms with Gasteiger partial charge in [0, 0.05) is 49.3 Å². The number of likely N-dealkylation sites (tertiary alicyclic amines) is 1. The Kier molecular flexibility index (Phi) is 3.87. The van der Waals surface area contributed by atoms with E-state index in [1.165, 1.54) is 24.9 Å². The van der Waals surface area contributed by atoms with Crippen LogP contribution < -0.4 is 0 Å². The van der Waals surface area contributed by atoms with Gasteiger partial charge in [0.1, 0.15) is 0 Å². The molecule has 0 N–H and O–H groups in total. The van der Waals surface area contributed by atoms with Gasteiger partial charge >= 0.3 is 0 Å². The fourth-order valence-corrected chi connectivity index (χ4v) is 2.92. The largest absolute Gasteiger partial charge is 0.336 e. The van der Waals surface area contributed by atoms with E-state index in [2.05, 4.69) is 39.6 Å². The van der Waals surface area contributed by atoms with Crippen LogP contribution in [-0.2, 0) is 13.1 Å². The number of hydrogen-bond donors (Lipinski definition) is 0. The monoisotopic (exact) mass is 273 g/mol. The lowest BCUT2D eigenvalue weighted by atomic mass is 10.2. The molecule has 1 aliphatic rings. The average molecular weight is 273 g/mol. The number of hydrogen-bond acceptors (Lipinski definition) is 3. The molecule has 0 spiro atoms. The average Bonchev–Trinajstić information content (AvgIpc) is 3.13. The first-order valence-corrected chi connectivity index (χ1v) is 7.45. The third kappa shape index (κ3) is 2.93. The van der Waals surface area contributed by atoms with Crippen LogP contribution in [0.5, 0.6) is 0 Å². The maximum atomic E-state index is 4.43. The molecule has 0 saturated carbocycles. The second-order valence-corrected chi connectivity index (χ2v) is 5.95. The summed E-state index contributed by atoms with van der Waals surface area (Å²) >= 11 is 0. The van der Waals surface area contributed by atoms with E-state index >= 15 is 0 Å². The SMILES string of the molecule is CC(C)n1cc(CN2CCCC2Cn2ccnc2)cn1. The van der Waals surface area contributed by atoms with Gasteiger partial charge in [-0.3, -0.25) is 9.58 Å². The van der Waals surface area contributed by atoms with Crippen molar-refractivity contribution in [3.05, 3.63) is 36.7 Å². The van der Waals surface area contributed by atoms with Crippen LogP contribution in [-0.4, -0.2) is 36.8 Å². The zero-order valence-electron chi connectivity index (χ0n) is 12.3. The van der Waals surface area contributed by atoms with Crippen molar-refractivity contribution in [3.8, 4) is 0 Å². The van der Waals surface area contributed by atoms with Crippen molar-refractivity contribution in [2.24, 2.45) is 0 Å². The molecule has 1 unspecified atom stereocenters. The lowest BCUT2D eigenvalue weighted by Crippen LogP contribution is -2.32. The minimum absolute atomic E-state index is 0.434. The summed E-state index contributed by atoms with van der Waals surface area (Å²) in [6.45, 7) is 7.56. The molecule has 1 saturated heterocycles. The highest BCUT2D eigenvalue weighted by atomic mass is 15.3. The molecule has 3 heterocycles. The maximum Gasteiger partial charge on any atom is 0.0946 e. The molecule has 3 rings (SSSR count). The van der Waals surface area contributed by atoms with Crippen LogP contribution in [0.1, 0.15) is 38.3 Å². The maximum absolute atomic E-state index is 4.43. The van der Waals surface area contributed by atoms with Crippen molar-refractivity contribution in [1.82, 2.24) is 24.2 Å². The summed E-state index contributed by atoms with van der Waals surface area (Å²) < 4.78 is 4.22. The Bertz CT molecular complexity index is 528. The first-order valence-electron chi connectivity index (χ1n) is 7.45. The molecule has 2 aromatic rings. The highest BCUT2D eigenvalue weighted by Crippen LogP contribution is 2.21. The van der Waals surface area contributed by atoms with Crippen molar-refractivity contribution >= 4 is 0 Å². The Labute approximate surface area is 120 Å². The van der Waals surface area contributed by atoms with E-state index in [9.17, 15) is 0 Å². The van der Waals surface area contributed by atoms with Crippen LogP contribution in [0.25, 0.3) is 0 Å². The van der Waals surface area contributed by atoms with Crippen LogP contribution in [0.2, 0.25) is 0 Å². The van der Waals surface area contributed by atoms with Crippen molar-refractivity contribution in [2.45, 2.75) is 51.9 Å². The molecule has 0 amide bonds. The standard InChI is InChI=1S/C15H23N5/c1-13(2)20-10-14(8-17-20)9-19-6-3-4-15(19)11-18-7-5-16-12-18/h5,7-8,10,12-13,15H,3-4,6,9,11H2,1-2H3. The summed E-state index contributed by atoms with van der Waals surface area (Å²) in [6, 6.07) is 1.05. The van der Waals surface area contributed by atoms with Gasteiger partial charge in [-0.1, -0.05) is 0 Å². The van der Waals surface area contributed by atoms with E-state index < -0.39 is 0 Å². The van der Waals surface area contributed by atoms with E-state index in [0.29, 0.717) is 12.1 Å². The number of nitrogens with zero attached hydrogens (tertiary/aromatic N) is 5. The predicted octanol–water partition coefficient (Wildman–Crippen LogP) is 2.33. The van der Waals surface area contributed by atoms with Crippen molar-refractivity contribution < 1.29 is 0 Å². The van der Waals surface area contributed by atoms with Crippen LogP contribution in [0.4, 0.5) is 0 Å². The quantitative estimate of drug-likeness (QED) is 0.839. The minimum Gasteiger partial charge on any atom is -0.336 e. The Morgan fingerprint density at radius 2 is 2.30 bits per heavy atom. The van der Waals surface area contributed by atoms with Crippen LogP contribution in [0, 0.1) is 0 Å². The van der Waals surface area contributed by atoms with Gasteiger partial charge in [-0.15, -0.1) is 0 Å². The Morgan fingerprint density at radius 3 is 3.00 bits per heavy atom. The van der Waals surface area contributed by atoms with E-state index in [4.69, 9.17) is 0 Å². The fraction of sp³-hybridized carbons (Fsp3) is 0.600. The molecule has 0 aromatic carbocycles. The normalized spacial score (nSPS) is 20.1. The van der Waals surface area contributed by atoms with E-state index in [1.807, 2.05) is 29.6 Å². The Morgan fingerprint density at radius 1 is 1.40 bits per heavy atom. The molecule has 0 bridgehead atoms.